The number of carbonyl (C=O) groups excluding carboxylic acids is 2. The van der Waals surface area contributed by atoms with E-state index >= 15 is 0 Å². The molecule has 1 aliphatic rings. The van der Waals surface area contributed by atoms with Crippen molar-refractivity contribution in [3.63, 3.8) is 0 Å². The highest BCUT2D eigenvalue weighted by Gasteiger charge is 2.34. The summed E-state index contributed by atoms with van der Waals surface area (Å²) < 4.78 is 1.53. The van der Waals surface area contributed by atoms with E-state index in [1.165, 1.54) is 16.6 Å². The van der Waals surface area contributed by atoms with Crippen LogP contribution < -0.4 is 10.6 Å². The van der Waals surface area contributed by atoms with Gasteiger partial charge in [-0.05, 0) is 71.1 Å². The topological polar surface area (TPSA) is 105 Å². The molecule has 0 unspecified atom stereocenters. The maximum atomic E-state index is 12.8. The number of anilines is 2. The van der Waals surface area contributed by atoms with Crippen LogP contribution in [0.5, 0.6) is 0 Å². The molecule has 31 heavy (non-hydrogen) atoms. The van der Waals surface area contributed by atoms with Gasteiger partial charge in [0.2, 0.25) is 5.91 Å². The summed E-state index contributed by atoms with van der Waals surface area (Å²) in [4.78, 5) is 27.2. The maximum Gasteiger partial charge on any atom is 0.322 e. The molecule has 2 N–H and O–H groups in total. The summed E-state index contributed by atoms with van der Waals surface area (Å²) >= 11 is 0. The van der Waals surface area contributed by atoms with Crippen molar-refractivity contribution < 1.29 is 9.59 Å². The van der Waals surface area contributed by atoms with Crippen molar-refractivity contribution in [2.45, 2.75) is 38.6 Å². The number of rotatable bonds is 5. The van der Waals surface area contributed by atoms with Gasteiger partial charge in [-0.25, -0.2) is 9.48 Å². The molecule has 9 heteroatoms. The van der Waals surface area contributed by atoms with Crippen molar-refractivity contribution >= 4 is 23.3 Å². The highest BCUT2D eigenvalue weighted by molar-refractivity contribution is 5.99. The molecule has 9 nitrogen and oxygen atoms in total. The zero-order valence-corrected chi connectivity index (χ0v) is 17.5. The molecule has 1 saturated heterocycles. The van der Waals surface area contributed by atoms with E-state index < -0.39 is 6.04 Å². The van der Waals surface area contributed by atoms with Gasteiger partial charge in [0.05, 0.1) is 5.69 Å². The van der Waals surface area contributed by atoms with E-state index in [2.05, 4.69) is 40.0 Å². The summed E-state index contributed by atoms with van der Waals surface area (Å²) in [6.07, 6.45) is 2.92. The van der Waals surface area contributed by atoms with Crippen LogP contribution in [0.1, 0.15) is 38.2 Å². The average molecular weight is 419 g/mol. The van der Waals surface area contributed by atoms with Gasteiger partial charge < -0.3 is 15.5 Å². The SMILES string of the molecule is CC(C)c1ccc(NC(=O)N2CCC[C@@H]2C(=O)Nc2ccc(-n3cnnn3)cc2)cc1. The fourth-order valence-electron chi connectivity index (χ4n) is 3.63. The predicted octanol–water partition coefficient (Wildman–Crippen LogP) is 3.42. The number of benzene rings is 2. The highest BCUT2D eigenvalue weighted by Crippen LogP contribution is 2.22. The van der Waals surface area contributed by atoms with Crippen molar-refractivity contribution in [3.8, 4) is 5.69 Å². The lowest BCUT2D eigenvalue weighted by Gasteiger charge is -2.24. The molecule has 0 saturated carbocycles. The van der Waals surface area contributed by atoms with Gasteiger partial charge >= 0.3 is 6.03 Å². The van der Waals surface area contributed by atoms with Crippen LogP contribution in [-0.2, 0) is 4.79 Å². The van der Waals surface area contributed by atoms with Gasteiger partial charge in [0, 0.05) is 17.9 Å². The lowest BCUT2D eigenvalue weighted by Crippen LogP contribution is -2.45. The Morgan fingerprint density at radius 2 is 1.68 bits per heavy atom. The summed E-state index contributed by atoms with van der Waals surface area (Å²) in [6.45, 7) is 4.80. The molecular formula is C22H25N7O2. The molecule has 0 radical (unpaired) electrons. The standard InChI is InChI=1S/C22H25N7O2/c1-15(2)16-5-7-18(8-6-16)25-22(31)28-13-3-4-20(28)21(30)24-17-9-11-19(12-10-17)29-14-23-26-27-29/h5-12,14-15,20H,3-4,13H2,1-2H3,(H,24,30)(H,25,31)/t20-/m1/s1. The number of amides is 3. The minimum atomic E-state index is -0.505. The zero-order chi connectivity index (χ0) is 21.8. The third-order valence-electron chi connectivity index (χ3n) is 5.39. The van der Waals surface area contributed by atoms with E-state index in [0.717, 1.165) is 17.8 Å². The molecule has 0 spiro atoms. The molecule has 1 aliphatic heterocycles. The number of tetrazole rings is 1. The Morgan fingerprint density at radius 3 is 2.32 bits per heavy atom. The van der Waals surface area contributed by atoms with Crippen molar-refractivity contribution in [3.05, 3.63) is 60.4 Å². The van der Waals surface area contributed by atoms with Gasteiger partial charge in [-0.1, -0.05) is 26.0 Å². The fraction of sp³-hybridized carbons (Fsp3) is 0.318. The van der Waals surface area contributed by atoms with Gasteiger partial charge in [0.25, 0.3) is 0 Å². The number of likely N-dealkylation sites (tertiary alicyclic amines) is 1. The van der Waals surface area contributed by atoms with Crippen LogP contribution in [0.15, 0.2) is 54.9 Å². The van der Waals surface area contributed by atoms with Gasteiger partial charge in [-0.2, -0.15) is 0 Å². The molecule has 4 rings (SSSR count). The molecule has 3 aromatic rings. The third kappa shape index (κ3) is 4.71. The number of urea groups is 1. The summed E-state index contributed by atoms with van der Waals surface area (Å²) in [7, 11) is 0. The number of carbonyl (C=O) groups is 2. The fourth-order valence-corrected chi connectivity index (χ4v) is 3.63. The zero-order valence-electron chi connectivity index (χ0n) is 17.5. The number of hydrogen-bond donors (Lipinski definition) is 2. The monoisotopic (exact) mass is 419 g/mol. The van der Waals surface area contributed by atoms with E-state index in [9.17, 15) is 9.59 Å². The molecule has 2 heterocycles. The van der Waals surface area contributed by atoms with Crippen LogP contribution in [0.4, 0.5) is 16.2 Å². The smallest absolute Gasteiger partial charge is 0.322 e. The second-order valence-electron chi connectivity index (χ2n) is 7.85. The van der Waals surface area contributed by atoms with E-state index in [1.807, 2.05) is 36.4 Å². The van der Waals surface area contributed by atoms with Crippen LogP contribution in [0.3, 0.4) is 0 Å². The Labute approximate surface area is 180 Å². The van der Waals surface area contributed by atoms with Gasteiger partial charge in [-0.15, -0.1) is 5.10 Å². The maximum absolute atomic E-state index is 12.8. The largest absolute Gasteiger partial charge is 0.324 e. The van der Waals surface area contributed by atoms with Crippen molar-refractivity contribution in [1.82, 2.24) is 25.1 Å². The Kier molecular flexibility index (Phi) is 5.92. The molecule has 0 bridgehead atoms. The molecule has 2 aromatic carbocycles. The Morgan fingerprint density at radius 1 is 1.00 bits per heavy atom. The Bertz CT molecular complexity index is 1030. The lowest BCUT2D eigenvalue weighted by molar-refractivity contribution is -0.119. The van der Waals surface area contributed by atoms with Crippen LogP contribution >= 0.6 is 0 Å². The normalized spacial score (nSPS) is 15.8. The molecule has 1 atom stereocenters. The first-order valence-electron chi connectivity index (χ1n) is 10.3. The van der Waals surface area contributed by atoms with E-state index in [1.54, 1.807) is 17.0 Å². The third-order valence-corrected chi connectivity index (χ3v) is 5.39. The molecule has 1 fully saturated rings. The first kappa shape index (κ1) is 20.5. The summed E-state index contributed by atoms with van der Waals surface area (Å²) in [6, 6.07) is 14.2. The van der Waals surface area contributed by atoms with Crippen LogP contribution in [0, 0.1) is 0 Å². The number of aromatic nitrogens is 4. The molecule has 1 aromatic heterocycles. The van der Waals surface area contributed by atoms with Gasteiger partial charge in [-0.3, -0.25) is 4.79 Å². The quantitative estimate of drug-likeness (QED) is 0.659. The Balaban J connectivity index is 1.38. The summed E-state index contributed by atoms with van der Waals surface area (Å²) in [5.74, 6) is 0.233. The second kappa shape index (κ2) is 8.95. The van der Waals surface area contributed by atoms with Crippen LogP contribution in [-0.4, -0.2) is 49.6 Å². The Hall–Kier alpha value is -3.75. The minimum absolute atomic E-state index is 0.196. The van der Waals surface area contributed by atoms with E-state index in [4.69, 9.17) is 0 Å². The predicted molar refractivity (Wildman–Crippen MR) is 117 cm³/mol. The molecule has 160 valence electrons. The van der Waals surface area contributed by atoms with Gasteiger partial charge in [0.1, 0.15) is 12.4 Å². The number of hydrogen-bond acceptors (Lipinski definition) is 5. The van der Waals surface area contributed by atoms with Crippen LogP contribution in [0.25, 0.3) is 5.69 Å². The van der Waals surface area contributed by atoms with E-state index in [0.29, 0.717) is 24.6 Å². The minimum Gasteiger partial charge on any atom is -0.324 e. The second-order valence-corrected chi connectivity index (χ2v) is 7.85. The molecular weight excluding hydrogens is 394 g/mol. The van der Waals surface area contributed by atoms with Crippen molar-refractivity contribution in [2.75, 3.05) is 17.2 Å². The lowest BCUT2D eigenvalue weighted by atomic mass is 10.0. The van der Waals surface area contributed by atoms with Crippen molar-refractivity contribution in [1.29, 1.82) is 0 Å². The van der Waals surface area contributed by atoms with Crippen molar-refractivity contribution in [2.24, 2.45) is 0 Å². The first-order chi connectivity index (χ1) is 15.0. The van der Waals surface area contributed by atoms with Gasteiger partial charge in [0.15, 0.2) is 0 Å². The molecule has 0 aliphatic carbocycles. The summed E-state index contributed by atoms with van der Waals surface area (Å²) in [5, 5.41) is 16.9. The number of nitrogens with one attached hydrogen (secondary N) is 2. The molecule has 3 amide bonds. The highest BCUT2D eigenvalue weighted by atomic mass is 16.2. The average Bonchev–Trinajstić information content (AvgIpc) is 3.47. The van der Waals surface area contributed by atoms with Crippen LogP contribution in [0.2, 0.25) is 0 Å². The summed E-state index contributed by atoms with van der Waals surface area (Å²) in [5.41, 5.74) is 3.37. The first-order valence-corrected chi connectivity index (χ1v) is 10.3. The number of nitrogens with zero attached hydrogens (tertiary/aromatic N) is 5. The van der Waals surface area contributed by atoms with E-state index in [-0.39, 0.29) is 11.9 Å².